The summed E-state index contributed by atoms with van der Waals surface area (Å²) in [5, 5.41) is 13.7. The molecule has 0 heterocycles. The molecule has 1 rings (SSSR count). The molecule has 118 valence electrons. The Balaban J connectivity index is 0.00000400. The summed E-state index contributed by atoms with van der Waals surface area (Å²) in [6.45, 7) is 6.04. The summed E-state index contributed by atoms with van der Waals surface area (Å²) in [5.74, 6) is -0.241. The molecule has 0 bridgehead atoms. The van der Waals surface area contributed by atoms with Gasteiger partial charge in [0.05, 0.1) is 10.5 Å². The molecule has 0 saturated carbocycles. The van der Waals surface area contributed by atoms with Crippen molar-refractivity contribution in [2.24, 2.45) is 11.7 Å². The van der Waals surface area contributed by atoms with E-state index in [-0.39, 0.29) is 42.0 Å². The van der Waals surface area contributed by atoms with E-state index in [0.717, 1.165) is 0 Å². The number of halogens is 2. The second kappa shape index (κ2) is 7.72. The Hall–Kier alpha value is -1.18. The van der Waals surface area contributed by atoms with Crippen molar-refractivity contribution < 1.29 is 9.72 Å². The maximum atomic E-state index is 12.2. The standard InChI is InChI=1S/C13H18BrN3O3.ClH/c1-8(2)13(3,7-15)16-12(18)9-4-10(14)6-11(5-9)17(19)20;/h4-6,8H,7,15H2,1-3H3,(H,16,18);1H. The van der Waals surface area contributed by atoms with Gasteiger partial charge in [0.25, 0.3) is 11.6 Å². The van der Waals surface area contributed by atoms with Gasteiger partial charge >= 0.3 is 0 Å². The van der Waals surface area contributed by atoms with Crippen molar-refractivity contribution in [3.8, 4) is 0 Å². The third kappa shape index (κ3) is 4.94. The molecular weight excluding hydrogens is 362 g/mol. The van der Waals surface area contributed by atoms with E-state index < -0.39 is 10.5 Å². The molecule has 3 N–H and O–H groups in total. The Labute approximate surface area is 138 Å². The highest BCUT2D eigenvalue weighted by molar-refractivity contribution is 9.10. The van der Waals surface area contributed by atoms with E-state index in [9.17, 15) is 14.9 Å². The van der Waals surface area contributed by atoms with Crippen LogP contribution in [0.1, 0.15) is 31.1 Å². The van der Waals surface area contributed by atoms with Gasteiger partial charge in [0.2, 0.25) is 0 Å². The number of nitrogens with two attached hydrogens (primary N) is 1. The molecule has 0 spiro atoms. The molecule has 1 amide bonds. The molecule has 1 aromatic carbocycles. The number of hydrogen-bond acceptors (Lipinski definition) is 4. The minimum Gasteiger partial charge on any atom is -0.345 e. The van der Waals surface area contributed by atoms with Gasteiger partial charge in [-0.1, -0.05) is 29.8 Å². The fraction of sp³-hybridized carbons (Fsp3) is 0.462. The Morgan fingerprint density at radius 1 is 1.48 bits per heavy atom. The van der Waals surface area contributed by atoms with Crippen LogP contribution >= 0.6 is 28.3 Å². The van der Waals surface area contributed by atoms with Crippen LogP contribution in [-0.4, -0.2) is 22.9 Å². The average Bonchev–Trinajstić information content (AvgIpc) is 2.37. The third-order valence-corrected chi connectivity index (χ3v) is 3.91. The molecule has 0 aliphatic carbocycles. The van der Waals surface area contributed by atoms with Crippen LogP contribution in [0.2, 0.25) is 0 Å². The maximum Gasteiger partial charge on any atom is 0.271 e. The normalized spacial score (nSPS) is 13.2. The number of rotatable bonds is 5. The van der Waals surface area contributed by atoms with Crippen molar-refractivity contribution in [3.63, 3.8) is 0 Å². The first-order chi connectivity index (χ1) is 9.19. The van der Waals surface area contributed by atoms with Gasteiger partial charge in [-0.3, -0.25) is 14.9 Å². The number of hydrogen-bond donors (Lipinski definition) is 2. The number of amides is 1. The zero-order chi connectivity index (χ0) is 15.5. The van der Waals surface area contributed by atoms with Gasteiger partial charge in [0.15, 0.2) is 0 Å². The lowest BCUT2D eigenvalue weighted by molar-refractivity contribution is -0.385. The number of carbonyl (C=O) groups is 1. The first-order valence-electron chi connectivity index (χ1n) is 6.17. The number of benzene rings is 1. The number of nitrogens with one attached hydrogen (secondary N) is 1. The van der Waals surface area contributed by atoms with Gasteiger partial charge in [-0.05, 0) is 18.9 Å². The molecule has 0 fully saturated rings. The summed E-state index contributed by atoms with van der Waals surface area (Å²) in [4.78, 5) is 22.5. The molecule has 21 heavy (non-hydrogen) atoms. The van der Waals surface area contributed by atoms with Crippen LogP contribution in [-0.2, 0) is 0 Å². The summed E-state index contributed by atoms with van der Waals surface area (Å²) in [5.41, 5.74) is 5.24. The minimum atomic E-state index is -0.561. The molecule has 0 aliphatic heterocycles. The van der Waals surface area contributed by atoms with Gasteiger partial charge in [0, 0.05) is 28.7 Å². The van der Waals surface area contributed by atoms with Crippen molar-refractivity contribution in [2.45, 2.75) is 26.3 Å². The van der Waals surface area contributed by atoms with Crippen LogP contribution in [0.5, 0.6) is 0 Å². The molecule has 1 unspecified atom stereocenters. The fourth-order valence-electron chi connectivity index (χ4n) is 1.57. The van der Waals surface area contributed by atoms with Crippen molar-refractivity contribution in [1.29, 1.82) is 0 Å². The quantitative estimate of drug-likeness (QED) is 0.606. The van der Waals surface area contributed by atoms with Crippen molar-refractivity contribution in [1.82, 2.24) is 5.32 Å². The number of non-ortho nitro benzene ring substituents is 1. The summed E-state index contributed by atoms with van der Waals surface area (Å²) in [7, 11) is 0. The largest absolute Gasteiger partial charge is 0.345 e. The highest BCUT2D eigenvalue weighted by atomic mass is 79.9. The van der Waals surface area contributed by atoms with Crippen LogP contribution in [0.3, 0.4) is 0 Å². The van der Waals surface area contributed by atoms with E-state index >= 15 is 0 Å². The lowest BCUT2D eigenvalue weighted by atomic mass is 9.88. The van der Waals surface area contributed by atoms with Crippen LogP contribution in [0.25, 0.3) is 0 Å². The first kappa shape index (κ1) is 19.8. The smallest absolute Gasteiger partial charge is 0.271 e. The molecule has 0 radical (unpaired) electrons. The number of nitro groups is 1. The number of carbonyl (C=O) groups excluding carboxylic acids is 1. The Morgan fingerprint density at radius 2 is 2.05 bits per heavy atom. The molecule has 1 atom stereocenters. The summed E-state index contributed by atoms with van der Waals surface area (Å²) in [6.07, 6.45) is 0. The molecule has 8 heteroatoms. The monoisotopic (exact) mass is 379 g/mol. The van der Waals surface area contributed by atoms with E-state index in [0.29, 0.717) is 4.47 Å². The predicted molar refractivity (Wildman–Crippen MR) is 87.8 cm³/mol. The lowest BCUT2D eigenvalue weighted by Gasteiger charge is -2.33. The molecule has 0 saturated heterocycles. The van der Waals surface area contributed by atoms with Gasteiger partial charge in [-0.25, -0.2) is 0 Å². The van der Waals surface area contributed by atoms with E-state index in [2.05, 4.69) is 21.2 Å². The van der Waals surface area contributed by atoms with Crippen LogP contribution in [0.4, 0.5) is 5.69 Å². The summed E-state index contributed by atoms with van der Waals surface area (Å²) >= 11 is 3.17. The topological polar surface area (TPSA) is 98.3 Å². The van der Waals surface area contributed by atoms with E-state index in [4.69, 9.17) is 5.73 Å². The second-order valence-corrected chi connectivity index (χ2v) is 6.10. The lowest BCUT2D eigenvalue weighted by Crippen LogP contribution is -2.55. The molecule has 1 aromatic rings. The summed E-state index contributed by atoms with van der Waals surface area (Å²) < 4.78 is 0.482. The van der Waals surface area contributed by atoms with Gasteiger partial charge in [-0.15, -0.1) is 12.4 Å². The Bertz CT molecular complexity index is 539. The fourth-order valence-corrected chi connectivity index (χ4v) is 2.05. The van der Waals surface area contributed by atoms with E-state index in [1.165, 1.54) is 12.1 Å². The van der Waals surface area contributed by atoms with Crippen molar-refractivity contribution >= 4 is 39.9 Å². The van der Waals surface area contributed by atoms with Gasteiger partial charge < -0.3 is 11.1 Å². The zero-order valence-electron chi connectivity index (χ0n) is 12.1. The number of nitro benzene ring substituents is 1. The van der Waals surface area contributed by atoms with Gasteiger partial charge in [0.1, 0.15) is 0 Å². The zero-order valence-corrected chi connectivity index (χ0v) is 14.5. The van der Waals surface area contributed by atoms with Crippen molar-refractivity contribution in [3.05, 3.63) is 38.3 Å². The van der Waals surface area contributed by atoms with Crippen LogP contribution in [0.15, 0.2) is 22.7 Å². The minimum absolute atomic E-state index is 0. The van der Waals surface area contributed by atoms with E-state index in [1.807, 2.05) is 20.8 Å². The van der Waals surface area contributed by atoms with Crippen LogP contribution < -0.4 is 11.1 Å². The average molecular weight is 381 g/mol. The summed E-state index contributed by atoms with van der Waals surface area (Å²) in [6, 6.07) is 4.14. The van der Waals surface area contributed by atoms with Gasteiger partial charge in [-0.2, -0.15) is 0 Å². The molecule has 0 aromatic heterocycles. The first-order valence-corrected chi connectivity index (χ1v) is 6.96. The predicted octanol–water partition coefficient (Wildman–Crippen LogP) is 2.88. The molecule has 0 aliphatic rings. The molecular formula is C13H19BrClN3O3. The van der Waals surface area contributed by atoms with Crippen LogP contribution in [0, 0.1) is 16.0 Å². The molecule has 6 nitrogen and oxygen atoms in total. The maximum absolute atomic E-state index is 12.2. The highest BCUT2D eigenvalue weighted by Gasteiger charge is 2.29. The SMILES string of the molecule is CC(C)C(C)(CN)NC(=O)c1cc(Br)cc([N+](=O)[O-])c1.Cl. The third-order valence-electron chi connectivity index (χ3n) is 3.45. The van der Waals surface area contributed by atoms with Crippen molar-refractivity contribution in [2.75, 3.05) is 6.54 Å². The number of nitrogens with zero attached hydrogens (tertiary/aromatic N) is 1. The second-order valence-electron chi connectivity index (χ2n) is 5.19. The highest BCUT2D eigenvalue weighted by Crippen LogP contribution is 2.22. The Morgan fingerprint density at radius 3 is 2.48 bits per heavy atom. The Kier molecular flexibility index (Phi) is 7.29. The van der Waals surface area contributed by atoms with E-state index in [1.54, 1.807) is 6.07 Å².